The SMILES string of the molecule is CCN1C(=O)C(CCCNc2ccc(CCN3CCCC3)cc2)S/C1=C(/C#N)C(=O)NC(C)(C)CO. The minimum Gasteiger partial charge on any atom is -0.394 e. The molecule has 2 aliphatic heterocycles. The minimum atomic E-state index is -0.860. The molecular weight excluding hydrogens is 474 g/mol. The van der Waals surface area contributed by atoms with E-state index in [2.05, 4.69) is 39.8 Å². The van der Waals surface area contributed by atoms with E-state index in [1.54, 1.807) is 13.8 Å². The van der Waals surface area contributed by atoms with E-state index in [0.717, 1.165) is 31.6 Å². The van der Waals surface area contributed by atoms with E-state index in [1.807, 2.05) is 13.0 Å². The number of amides is 2. The first kappa shape index (κ1) is 28.0. The van der Waals surface area contributed by atoms with Crippen LogP contribution in [0.2, 0.25) is 0 Å². The maximum atomic E-state index is 13.0. The van der Waals surface area contributed by atoms with Crippen molar-refractivity contribution in [2.24, 2.45) is 0 Å². The Hall–Kier alpha value is -2.54. The second-order valence-electron chi connectivity index (χ2n) is 10.0. The highest BCUT2D eigenvalue weighted by atomic mass is 32.2. The average molecular weight is 514 g/mol. The molecule has 2 aliphatic rings. The minimum absolute atomic E-state index is 0.0678. The van der Waals surface area contributed by atoms with Crippen LogP contribution in [0, 0.1) is 11.3 Å². The lowest BCUT2D eigenvalue weighted by atomic mass is 10.1. The lowest BCUT2D eigenvalue weighted by Crippen LogP contribution is -2.47. The maximum absolute atomic E-state index is 13.0. The number of nitrogens with one attached hydrogen (secondary N) is 2. The van der Waals surface area contributed by atoms with E-state index in [0.29, 0.717) is 18.0 Å². The molecule has 196 valence electrons. The summed E-state index contributed by atoms with van der Waals surface area (Å²) < 4.78 is 0. The van der Waals surface area contributed by atoms with Crippen LogP contribution in [0.15, 0.2) is 34.9 Å². The lowest BCUT2D eigenvalue weighted by molar-refractivity contribution is -0.127. The Morgan fingerprint density at radius 1 is 1.25 bits per heavy atom. The van der Waals surface area contributed by atoms with Crippen LogP contribution < -0.4 is 10.6 Å². The van der Waals surface area contributed by atoms with Crippen molar-refractivity contribution in [2.45, 2.75) is 63.7 Å². The number of nitriles is 1. The first-order chi connectivity index (χ1) is 17.3. The van der Waals surface area contributed by atoms with Crippen molar-refractivity contribution < 1.29 is 14.7 Å². The first-order valence-corrected chi connectivity index (χ1v) is 13.8. The highest BCUT2D eigenvalue weighted by Gasteiger charge is 2.39. The number of aliphatic hydroxyl groups excluding tert-OH is 1. The molecule has 36 heavy (non-hydrogen) atoms. The van der Waals surface area contributed by atoms with Gasteiger partial charge in [0, 0.05) is 25.3 Å². The summed E-state index contributed by atoms with van der Waals surface area (Å²) in [5, 5.41) is 25.3. The van der Waals surface area contributed by atoms with Gasteiger partial charge < -0.3 is 25.5 Å². The quantitative estimate of drug-likeness (QED) is 0.224. The Morgan fingerprint density at radius 3 is 2.56 bits per heavy atom. The van der Waals surface area contributed by atoms with Crippen LogP contribution in [0.4, 0.5) is 5.69 Å². The van der Waals surface area contributed by atoms with Crippen molar-refractivity contribution in [3.63, 3.8) is 0 Å². The van der Waals surface area contributed by atoms with Gasteiger partial charge in [0.15, 0.2) is 0 Å². The van der Waals surface area contributed by atoms with Gasteiger partial charge in [0.2, 0.25) is 5.91 Å². The van der Waals surface area contributed by atoms with Crippen molar-refractivity contribution in [3.8, 4) is 6.07 Å². The Kier molecular flexibility index (Phi) is 10.2. The molecule has 2 amide bonds. The summed E-state index contributed by atoms with van der Waals surface area (Å²) in [5.41, 5.74) is 1.47. The van der Waals surface area contributed by atoms with E-state index >= 15 is 0 Å². The number of anilines is 1. The highest BCUT2D eigenvalue weighted by Crippen LogP contribution is 2.39. The summed E-state index contributed by atoms with van der Waals surface area (Å²) >= 11 is 1.29. The Morgan fingerprint density at radius 2 is 1.94 bits per heavy atom. The van der Waals surface area contributed by atoms with Crippen molar-refractivity contribution in [3.05, 3.63) is 40.4 Å². The fourth-order valence-corrected chi connectivity index (χ4v) is 5.79. The zero-order valence-electron chi connectivity index (χ0n) is 21.7. The number of hydrogen-bond donors (Lipinski definition) is 3. The summed E-state index contributed by atoms with van der Waals surface area (Å²) in [7, 11) is 0. The van der Waals surface area contributed by atoms with Gasteiger partial charge in [-0.25, -0.2) is 0 Å². The molecule has 0 bridgehead atoms. The second kappa shape index (κ2) is 13.1. The Labute approximate surface area is 219 Å². The number of benzene rings is 1. The molecule has 1 aromatic carbocycles. The zero-order chi connectivity index (χ0) is 26.1. The van der Waals surface area contributed by atoms with Gasteiger partial charge in [-0.05, 0) is 83.7 Å². The standard InChI is InChI=1S/C27H39N5O3S/c1-4-32-25(35)23(36-26(32)22(18-28)24(34)30-27(2,3)19-33)8-7-14-29-21-11-9-20(10-12-21)13-17-31-15-5-6-16-31/h9-12,23,29,33H,4-8,13-17,19H2,1-3H3,(H,30,34)/b26-22-. The normalized spacial score (nSPS) is 19.9. The summed E-state index contributed by atoms with van der Waals surface area (Å²) in [6, 6.07) is 10.5. The number of carbonyl (C=O) groups excluding carboxylic acids is 2. The second-order valence-corrected chi connectivity index (χ2v) is 11.2. The van der Waals surface area contributed by atoms with Crippen molar-refractivity contribution in [1.29, 1.82) is 5.26 Å². The molecule has 1 atom stereocenters. The summed E-state index contributed by atoms with van der Waals surface area (Å²) in [6.07, 6.45) is 5.15. The number of likely N-dealkylation sites (tertiary alicyclic amines) is 1. The van der Waals surface area contributed by atoms with Crippen molar-refractivity contribution in [2.75, 3.05) is 44.6 Å². The third-order valence-corrected chi connectivity index (χ3v) is 7.97. The molecule has 0 saturated carbocycles. The third kappa shape index (κ3) is 7.48. The van der Waals surface area contributed by atoms with Gasteiger partial charge in [0.05, 0.1) is 17.4 Å². The zero-order valence-corrected chi connectivity index (χ0v) is 22.5. The molecule has 9 heteroatoms. The van der Waals surface area contributed by atoms with E-state index in [-0.39, 0.29) is 23.3 Å². The van der Waals surface area contributed by atoms with Crippen LogP contribution in [0.1, 0.15) is 52.0 Å². The number of carbonyl (C=O) groups is 2. The van der Waals surface area contributed by atoms with Crippen LogP contribution in [0.3, 0.4) is 0 Å². The molecule has 3 N–H and O–H groups in total. The molecule has 0 aromatic heterocycles. The number of hydrogen-bond acceptors (Lipinski definition) is 7. The van der Waals surface area contributed by atoms with Gasteiger partial charge in [-0.3, -0.25) is 9.59 Å². The van der Waals surface area contributed by atoms with Gasteiger partial charge in [-0.1, -0.05) is 23.9 Å². The molecule has 1 unspecified atom stereocenters. The molecule has 8 nitrogen and oxygen atoms in total. The van der Waals surface area contributed by atoms with Gasteiger partial charge in [0.1, 0.15) is 16.7 Å². The van der Waals surface area contributed by atoms with Crippen LogP contribution in [-0.2, 0) is 16.0 Å². The molecule has 1 aromatic rings. The molecular formula is C27H39N5O3S. The number of nitrogens with zero attached hydrogens (tertiary/aromatic N) is 3. The van der Waals surface area contributed by atoms with E-state index in [4.69, 9.17) is 0 Å². The van der Waals surface area contributed by atoms with Gasteiger partial charge >= 0.3 is 0 Å². The average Bonchev–Trinajstić information content (AvgIpc) is 3.49. The molecule has 0 aliphatic carbocycles. The summed E-state index contributed by atoms with van der Waals surface area (Å²) in [6.45, 7) is 9.62. The van der Waals surface area contributed by atoms with Crippen LogP contribution in [-0.4, -0.2) is 76.8 Å². The van der Waals surface area contributed by atoms with Crippen LogP contribution in [0.25, 0.3) is 0 Å². The monoisotopic (exact) mass is 513 g/mol. The summed E-state index contributed by atoms with van der Waals surface area (Å²) in [4.78, 5) is 29.7. The van der Waals surface area contributed by atoms with Gasteiger partial charge in [0.25, 0.3) is 5.91 Å². The van der Waals surface area contributed by atoms with E-state index in [1.165, 1.54) is 48.2 Å². The number of thioether (sulfide) groups is 1. The molecule has 2 heterocycles. The van der Waals surface area contributed by atoms with Crippen LogP contribution in [0.5, 0.6) is 0 Å². The third-order valence-electron chi connectivity index (χ3n) is 6.60. The maximum Gasteiger partial charge on any atom is 0.265 e. The van der Waals surface area contributed by atoms with Crippen LogP contribution >= 0.6 is 11.8 Å². The first-order valence-electron chi connectivity index (χ1n) is 12.9. The van der Waals surface area contributed by atoms with E-state index < -0.39 is 11.4 Å². The smallest absolute Gasteiger partial charge is 0.265 e. The molecule has 2 saturated heterocycles. The molecule has 3 rings (SSSR count). The fraction of sp³-hybridized carbons (Fsp3) is 0.593. The van der Waals surface area contributed by atoms with Crippen molar-refractivity contribution >= 4 is 29.3 Å². The number of rotatable bonds is 12. The molecule has 2 fully saturated rings. The highest BCUT2D eigenvalue weighted by molar-refractivity contribution is 8.04. The van der Waals surface area contributed by atoms with Gasteiger partial charge in [-0.15, -0.1) is 0 Å². The molecule has 0 radical (unpaired) electrons. The fourth-order valence-electron chi connectivity index (χ4n) is 4.41. The predicted molar refractivity (Wildman–Crippen MR) is 144 cm³/mol. The van der Waals surface area contributed by atoms with Gasteiger partial charge in [-0.2, -0.15) is 5.26 Å². The number of aliphatic hydroxyl groups is 1. The largest absolute Gasteiger partial charge is 0.394 e. The predicted octanol–water partition coefficient (Wildman–Crippen LogP) is 3.10. The lowest BCUT2D eigenvalue weighted by Gasteiger charge is -2.24. The van der Waals surface area contributed by atoms with Crippen molar-refractivity contribution in [1.82, 2.24) is 15.1 Å². The Balaban J connectivity index is 1.50. The van der Waals surface area contributed by atoms with E-state index in [9.17, 15) is 20.0 Å². The summed E-state index contributed by atoms with van der Waals surface area (Å²) in [5.74, 6) is -0.640. The topological polar surface area (TPSA) is 109 Å². The Bertz CT molecular complexity index is 980. The molecule has 0 spiro atoms.